The van der Waals surface area contributed by atoms with Crippen molar-refractivity contribution < 1.29 is 9.53 Å². The topological polar surface area (TPSA) is 41.6 Å². The van der Waals surface area contributed by atoms with Crippen LogP contribution in [0.2, 0.25) is 0 Å². The molecule has 4 nitrogen and oxygen atoms in total. The lowest BCUT2D eigenvalue weighted by molar-refractivity contribution is -0.151. The van der Waals surface area contributed by atoms with Gasteiger partial charge in [-0.2, -0.15) is 0 Å². The molecule has 0 bridgehead atoms. The first-order chi connectivity index (χ1) is 9.68. The molecule has 1 N–H and O–H groups in total. The van der Waals surface area contributed by atoms with Gasteiger partial charge < -0.3 is 4.74 Å². The number of carbonyl (C=O) groups is 1. The summed E-state index contributed by atoms with van der Waals surface area (Å²) in [5, 5.41) is 3.62. The fraction of sp³-hybridized carbons (Fsp3) is 0.938. The predicted molar refractivity (Wildman–Crippen MR) is 78.6 cm³/mol. The summed E-state index contributed by atoms with van der Waals surface area (Å²) in [6, 6.07) is 1.89. The van der Waals surface area contributed by atoms with E-state index in [1.54, 1.807) is 0 Å². The highest BCUT2D eigenvalue weighted by Crippen LogP contribution is 2.40. The number of hydrogen-bond acceptors (Lipinski definition) is 4. The summed E-state index contributed by atoms with van der Waals surface area (Å²) in [5.74, 6) is -0.0127. The van der Waals surface area contributed by atoms with Crippen molar-refractivity contribution in [2.45, 2.75) is 82.5 Å². The number of carbonyl (C=O) groups excluding carboxylic acids is 1. The van der Waals surface area contributed by atoms with E-state index < -0.39 is 5.54 Å². The largest absolute Gasteiger partial charge is 0.465 e. The average Bonchev–Trinajstić information content (AvgIpc) is 3.33. The Bertz CT molecular complexity index is 365. The van der Waals surface area contributed by atoms with Crippen LogP contribution in [0.3, 0.4) is 0 Å². The molecular weight excluding hydrogens is 252 g/mol. The summed E-state index contributed by atoms with van der Waals surface area (Å²) in [4.78, 5) is 15.1. The summed E-state index contributed by atoms with van der Waals surface area (Å²) in [6.07, 6.45) is 8.11. The SMILES string of the molecule is CCOC(=O)C1(NC2CC2)CCC(N(CC)C2CC2)C1. The van der Waals surface area contributed by atoms with Crippen molar-refractivity contribution in [3.8, 4) is 0 Å². The zero-order valence-electron chi connectivity index (χ0n) is 12.9. The lowest BCUT2D eigenvalue weighted by Gasteiger charge is -2.31. The second-order valence-corrected chi connectivity index (χ2v) is 6.68. The smallest absolute Gasteiger partial charge is 0.326 e. The first-order valence-electron chi connectivity index (χ1n) is 8.39. The molecule has 3 saturated carbocycles. The first-order valence-corrected chi connectivity index (χ1v) is 8.39. The molecule has 0 aromatic rings. The van der Waals surface area contributed by atoms with E-state index in [1.165, 1.54) is 25.7 Å². The second-order valence-electron chi connectivity index (χ2n) is 6.68. The van der Waals surface area contributed by atoms with Crippen molar-refractivity contribution in [3.63, 3.8) is 0 Å². The third kappa shape index (κ3) is 2.86. The summed E-state index contributed by atoms with van der Waals surface area (Å²) in [7, 11) is 0. The van der Waals surface area contributed by atoms with E-state index in [1.807, 2.05) is 6.92 Å². The number of rotatable bonds is 7. The molecule has 3 rings (SSSR count). The average molecular weight is 280 g/mol. The number of hydrogen-bond donors (Lipinski definition) is 1. The Labute approximate surface area is 122 Å². The van der Waals surface area contributed by atoms with E-state index in [4.69, 9.17) is 4.74 Å². The molecule has 4 heteroatoms. The third-order valence-corrected chi connectivity index (χ3v) is 5.06. The fourth-order valence-electron chi connectivity index (χ4n) is 3.79. The highest BCUT2D eigenvalue weighted by Gasteiger charge is 2.51. The van der Waals surface area contributed by atoms with Crippen LogP contribution in [-0.4, -0.2) is 47.7 Å². The molecule has 0 amide bonds. The second kappa shape index (κ2) is 5.64. The molecule has 0 heterocycles. The molecule has 0 aromatic heterocycles. The molecule has 20 heavy (non-hydrogen) atoms. The zero-order valence-corrected chi connectivity index (χ0v) is 12.9. The van der Waals surface area contributed by atoms with Crippen molar-refractivity contribution in [3.05, 3.63) is 0 Å². The van der Waals surface area contributed by atoms with Crippen LogP contribution in [0.5, 0.6) is 0 Å². The molecule has 3 fully saturated rings. The van der Waals surface area contributed by atoms with Crippen LogP contribution in [-0.2, 0) is 9.53 Å². The highest BCUT2D eigenvalue weighted by atomic mass is 16.5. The minimum Gasteiger partial charge on any atom is -0.465 e. The van der Waals surface area contributed by atoms with Crippen LogP contribution in [0, 0.1) is 0 Å². The Kier molecular flexibility index (Phi) is 4.04. The summed E-state index contributed by atoms with van der Waals surface area (Å²) in [5.41, 5.74) is -0.399. The lowest BCUT2D eigenvalue weighted by Crippen LogP contribution is -2.53. The molecule has 3 aliphatic rings. The number of esters is 1. The van der Waals surface area contributed by atoms with Gasteiger partial charge in [0.25, 0.3) is 0 Å². The van der Waals surface area contributed by atoms with Crippen molar-refractivity contribution in [2.75, 3.05) is 13.2 Å². The van der Waals surface area contributed by atoms with Crippen LogP contribution < -0.4 is 5.32 Å². The van der Waals surface area contributed by atoms with E-state index in [9.17, 15) is 4.79 Å². The predicted octanol–water partition coefficient (Wildman–Crippen LogP) is 2.08. The minimum atomic E-state index is -0.399. The molecule has 2 atom stereocenters. The molecule has 0 aromatic carbocycles. The van der Waals surface area contributed by atoms with Crippen molar-refractivity contribution >= 4 is 5.97 Å². The number of ether oxygens (including phenoxy) is 1. The molecular formula is C16H28N2O2. The zero-order chi connectivity index (χ0) is 14.2. The van der Waals surface area contributed by atoms with Crippen LogP contribution in [0.4, 0.5) is 0 Å². The summed E-state index contributed by atoms with van der Waals surface area (Å²) < 4.78 is 5.38. The molecule has 0 aliphatic heterocycles. The molecule has 0 saturated heterocycles. The van der Waals surface area contributed by atoms with Gasteiger partial charge in [-0.05, 0) is 58.4 Å². The van der Waals surface area contributed by atoms with Gasteiger partial charge >= 0.3 is 5.97 Å². The molecule has 2 unspecified atom stereocenters. The molecule has 0 radical (unpaired) electrons. The van der Waals surface area contributed by atoms with Gasteiger partial charge in [-0.3, -0.25) is 15.0 Å². The normalized spacial score (nSPS) is 33.6. The Balaban J connectivity index is 1.68. The van der Waals surface area contributed by atoms with Crippen molar-refractivity contribution in [1.82, 2.24) is 10.2 Å². The van der Waals surface area contributed by atoms with Gasteiger partial charge in [-0.15, -0.1) is 0 Å². The van der Waals surface area contributed by atoms with E-state index >= 15 is 0 Å². The summed E-state index contributed by atoms with van der Waals surface area (Å²) in [6.45, 7) is 5.74. The lowest BCUT2D eigenvalue weighted by atomic mass is 9.96. The maximum Gasteiger partial charge on any atom is 0.326 e. The third-order valence-electron chi connectivity index (χ3n) is 5.06. The molecule has 0 spiro atoms. The van der Waals surface area contributed by atoms with Gasteiger partial charge in [0, 0.05) is 18.1 Å². The fourth-order valence-corrected chi connectivity index (χ4v) is 3.79. The monoisotopic (exact) mass is 280 g/mol. The quantitative estimate of drug-likeness (QED) is 0.725. The van der Waals surface area contributed by atoms with Gasteiger partial charge in [0.2, 0.25) is 0 Å². The van der Waals surface area contributed by atoms with Crippen LogP contribution >= 0.6 is 0 Å². The van der Waals surface area contributed by atoms with Crippen LogP contribution in [0.15, 0.2) is 0 Å². The molecule has 3 aliphatic carbocycles. The number of nitrogens with zero attached hydrogens (tertiary/aromatic N) is 1. The Morgan fingerprint density at radius 1 is 1.20 bits per heavy atom. The van der Waals surface area contributed by atoms with Crippen molar-refractivity contribution in [1.29, 1.82) is 0 Å². The number of nitrogens with one attached hydrogen (secondary N) is 1. The Hall–Kier alpha value is -0.610. The van der Waals surface area contributed by atoms with E-state index in [-0.39, 0.29) is 5.97 Å². The van der Waals surface area contributed by atoms with Gasteiger partial charge in [-0.25, -0.2) is 0 Å². The molecule has 114 valence electrons. The maximum atomic E-state index is 12.5. The first kappa shape index (κ1) is 14.3. The summed E-state index contributed by atoms with van der Waals surface area (Å²) >= 11 is 0. The Morgan fingerprint density at radius 3 is 2.50 bits per heavy atom. The van der Waals surface area contributed by atoms with E-state index in [2.05, 4.69) is 17.1 Å². The minimum absolute atomic E-state index is 0.0127. The van der Waals surface area contributed by atoms with Crippen LogP contribution in [0.1, 0.15) is 58.8 Å². The van der Waals surface area contributed by atoms with Crippen LogP contribution in [0.25, 0.3) is 0 Å². The van der Waals surface area contributed by atoms with E-state index in [0.29, 0.717) is 18.7 Å². The standard InChI is InChI=1S/C16H28N2O2/c1-3-18(13-7-8-13)14-9-10-16(11-14,15(19)20-4-2)17-12-5-6-12/h12-14,17H,3-11H2,1-2H3. The van der Waals surface area contributed by atoms with Crippen molar-refractivity contribution in [2.24, 2.45) is 0 Å². The van der Waals surface area contributed by atoms with Gasteiger partial charge in [0.05, 0.1) is 6.61 Å². The van der Waals surface area contributed by atoms with Gasteiger partial charge in [0.1, 0.15) is 5.54 Å². The Morgan fingerprint density at radius 2 is 1.95 bits per heavy atom. The van der Waals surface area contributed by atoms with Gasteiger partial charge in [-0.1, -0.05) is 6.92 Å². The highest BCUT2D eigenvalue weighted by molar-refractivity contribution is 5.81. The maximum absolute atomic E-state index is 12.5. The van der Waals surface area contributed by atoms with Gasteiger partial charge in [0.15, 0.2) is 0 Å². The van der Waals surface area contributed by atoms with E-state index in [0.717, 1.165) is 31.8 Å².